The van der Waals surface area contributed by atoms with Crippen LogP contribution in [0, 0.1) is 17.4 Å². The molecule has 4 aromatic rings. The maximum Gasteiger partial charge on any atom is 0.264 e. The molecule has 1 aromatic heterocycles. The number of nitrogens with zero attached hydrogens (tertiary/aromatic N) is 2. The zero-order valence-electron chi connectivity index (χ0n) is 19.5. The molecular weight excluding hydrogens is 575 g/mol. The largest absolute Gasteiger partial charge is 0.351 e. The molecule has 0 spiro atoms. The lowest BCUT2D eigenvalue weighted by atomic mass is 9.97. The first-order valence-electron chi connectivity index (χ1n) is 11.0. The summed E-state index contributed by atoms with van der Waals surface area (Å²) in [6.07, 6.45) is 2.95. The van der Waals surface area contributed by atoms with E-state index < -0.39 is 10.0 Å². The van der Waals surface area contributed by atoms with Gasteiger partial charge in [0.25, 0.3) is 15.9 Å². The number of sulfonamides is 1. The molecule has 180 valence electrons. The van der Waals surface area contributed by atoms with Crippen LogP contribution in [0.4, 0.5) is 5.69 Å². The van der Waals surface area contributed by atoms with Crippen LogP contribution in [0.1, 0.15) is 39.9 Å². The number of amides is 1. The summed E-state index contributed by atoms with van der Waals surface area (Å²) in [5, 5.41) is 2.95. The van der Waals surface area contributed by atoms with Gasteiger partial charge in [-0.2, -0.15) is 0 Å². The molecule has 3 aromatic carbocycles. The van der Waals surface area contributed by atoms with Crippen LogP contribution >= 0.6 is 22.6 Å². The lowest BCUT2D eigenvalue weighted by Crippen LogP contribution is -2.29. The molecule has 1 heterocycles. The van der Waals surface area contributed by atoms with Gasteiger partial charge in [0.15, 0.2) is 0 Å². The first-order chi connectivity index (χ1) is 16.7. The van der Waals surface area contributed by atoms with Crippen LogP contribution in [0.25, 0.3) is 11.0 Å². The molecule has 1 atom stereocenters. The molecule has 0 radical (unpaired) electrons. The van der Waals surface area contributed by atoms with Crippen molar-refractivity contribution in [3.05, 3.63) is 92.8 Å². The fourth-order valence-corrected chi connectivity index (χ4v) is 5.44. The number of aromatic nitrogens is 2. The van der Waals surface area contributed by atoms with Gasteiger partial charge in [0.2, 0.25) is 0 Å². The van der Waals surface area contributed by atoms with Crippen molar-refractivity contribution < 1.29 is 13.2 Å². The van der Waals surface area contributed by atoms with Gasteiger partial charge in [0, 0.05) is 22.5 Å². The zero-order chi connectivity index (χ0) is 25.2. The Hall–Kier alpha value is -3.05. The van der Waals surface area contributed by atoms with Crippen LogP contribution in [-0.4, -0.2) is 30.8 Å². The Labute approximate surface area is 218 Å². The lowest BCUT2D eigenvalue weighted by Gasteiger charge is -2.17. The van der Waals surface area contributed by atoms with Gasteiger partial charge in [-0.3, -0.25) is 19.5 Å². The minimum atomic E-state index is -4.03. The summed E-state index contributed by atoms with van der Waals surface area (Å²) in [5.74, 6) is -0.260. The molecule has 0 aliphatic rings. The van der Waals surface area contributed by atoms with Crippen molar-refractivity contribution >= 4 is 55.2 Å². The molecule has 0 saturated heterocycles. The number of hydrogen-bond acceptors (Lipinski definition) is 5. The van der Waals surface area contributed by atoms with Crippen molar-refractivity contribution in [2.45, 2.75) is 31.6 Å². The maximum atomic E-state index is 13.3. The van der Waals surface area contributed by atoms with Crippen molar-refractivity contribution in [3.8, 4) is 0 Å². The Morgan fingerprint density at radius 1 is 1.00 bits per heavy atom. The number of rotatable bonds is 7. The predicted molar refractivity (Wildman–Crippen MR) is 146 cm³/mol. The summed E-state index contributed by atoms with van der Waals surface area (Å²) in [6, 6.07) is 16.1. The lowest BCUT2D eigenvalue weighted by molar-refractivity contribution is 0.0952. The molecule has 0 aliphatic carbocycles. The molecule has 4 rings (SSSR count). The SMILES string of the molecule is Cc1ccc(C(C)CNC(=O)c2ccc(I)cc2NS(=O)(=O)c2cccc3nccnc23)cc1C. The Bertz CT molecular complexity index is 1520. The molecule has 7 nitrogen and oxygen atoms in total. The van der Waals surface area contributed by atoms with E-state index in [1.807, 2.05) is 6.92 Å². The van der Waals surface area contributed by atoms with Gasteiger partial charge in [0.05, 0.1) is 16.8 Å². The van der Waals surface area contributed by atoms with Gasteiger partial charge in [-0.25, -0.2) is 8.42 Å². The second kappa shape index (κ2) is 10.3. The van der Waals surface area contributed by atoms with Crippen molar-refractivity contribution in [1.29, 1.82) is 0 Å². The Kier molecular flexibility index (Phi) is 7.36. The van der Waals surface area contributed by atoms with E-state index in [9.17, 15) is 13.2 Å². The molecule has 1 unspecified atom stereocenters. The van der Waals surface area contributed by atoms with Crippen molar-refractivity contribution in [2.24, 2.45) is 0 Å². The average Bonchev–Trinajstić information content (AvgIpc) is 2.83. The van der Waals surface area contributed by atoms with E-state index in [1.165, 1.54) is 29.6 Å². The molecule has 0 aliphatic heterocycles. The van der Waals surface area contributed by atoms with E-state index in [0.29, 0.717) is 12.1 Å². The van der Waals surface area contributed by atoms with Gasteiger partial charge in [-0.1, -0.05) is 31.2 Å². The van der Waals surface area contributed by atoms with Crippen LogP contribution in [-0.2, 0) is 10.0 Å². The second-order valence-corrected chi connectivity index (χ2v) is 11.3. The monoisotopic (exact) mass is 600 g/mol. The number of halogens is 1. The molecule has 0 saturated carbocycles. The summed E-state index contributed by atoms with van der Waals surface area (Å²) >= 11 is 2.08. The highest BCUT2D eigenvalue weighted by Gasteiger charge is 2.22. The first kappa shape index (κ1) is 25.1. The molecular formula is C26H25IN4O3S. The first-order valence-corrected chi connectivity index (χ1v) is 13.6. The topological polar surface area (TPSA) is 101 Å². The molecule has 1 amide bonds. The predicted octanol–water partition coefficient (Wildman–Crippen LogP) is 5.19. The number of carbonyl (C=O) groups excluding carboxylic acids is 1. The van der Waals surface area contributed by atoms with Crippen molar-refractivity contribution in [3.63, 3.8) is 0 Å². The van der Waals surface area contributed by atoms with E-state index in [-0.39, 0.29) is 33.5 Å². The average molecular weight is 600 g/mol. The summed E-state index contributed by atoms with van der Waals surface area (Å²) in [4.78, 5) is 21.5. The van der Waals surface area contributed by atoms with Gasteiger partial charge >= 0.3 is 0 Å². The molecule has 35 heavy (non-hydrogen) atoms. The van der Waals surface area contributed by atoms with Gasteiger partial charge in [-0.15, -0.1) is 0 Å². The third-order valence-electron chi connectivity index (χ3n) is 5.89. The maximum absolute atomic E-state index is 13.3. The minimum absolute atomic E-state index is 0.00307. The van der Waals surface area contributed by atoms with Crippen molar-refractivity contribution in [1.82, 2.24) is 15.3 Å². The Morgan fingerprint density at radius 3 is 2.54 bits per heavy atom. The van der Waals surface area contributed by atoms with E-state index in [0.717, 1.165) is 9.13 Å². The van der Waals surface area contributed by atoms with Gasteiger partial charge in [-0.05, 0) is 89.4 Å². The summed E-state index contributed by atoms with van der Waals surface area (Å²) in [7, 11) is -4.03. The Morgan fingerprint density at radius 2 is 1.77 bits per heavy atom. The third-order valence-corrected chi connectivity index (χ3v) is 7.96. The molecule has 9 heteroatoms. The number of carbonyl (C=O) groups is 1. The third kappa shape index (κ3) is 5.62. The van der Waals surface area contributed by atoms with Crippen LogP contribution in [0.2, 0.25) is 0 Å². The van der Waals surface area contributed by atoms with E-state index in [4.69, 9.17) is 0 Å². The molecule has 2 N–H and O–H groups in total. The fourth-order valence-electron chi connectivity index (χ4n) is 3.71. The number of nitrogens with one attached hydrogen (secondary N) is 2. The highest BCUT2D eigenvalue weighted by molar-refractivity contribution is 14.1. The second-order valence-electron chi connectivity index (χ2n) is 8.43. The smallest absolute Gasteiger partial charge is 0.264 e. The van der Waals surface area contributed by atoms with E-state index in [2.05, 4.69) is 74.6 Å². The van der Waals surface area contributed by atoms with Gasteiger partial charge in [0.1, 0.15) is 10.4 Å². The van der Waals surface area contributed by atoms with Crippen LogP contribution in [0.15, 0.2) is 71.9 Å². The number of para-hydroxylation sites is 1. The Balaban J connectivity index is 1.58. The molecule has 0 bridgehead atoms. The minimum Gasteiger partial charge on any atom is -0.351 e. The van der Waals surface area contributed by atoms with Crippen LogP contribution in [0.3, 0.4) is 0 Å². The quantitative estimate of drug-likeness (QED) is 0.285. The van der Waals surface area contributed by atoms with Crippen LogP contribution < -0.4 is 10.0 Å². The van der Waals surface area contributed by atoms with Crippen LogP contribution in [0.5, 0.6) is 0 Å². The van der Waals surface area contributed by atoms with Crippen molar-refractivity contribution in [2.75, 3.05) is 11.3 Å². The normalized spacial score (nSPS) is 12.3. The number of hydrogen-bond donors (Lipinski definition) is 2. The number of anilines is 1. The summed E-state index contributed by atoms with van der Waals surface area (Å²) in [5.41, 5.74) is 4.74. The highest BCUT2D eigenvalue weighted by atomic mass is 127. The van der Waals surface area contributed by atoms with E-state index in [1.54, 1.807) is 30.3 Å². The van der Waals surface area contributed by atoms with E-state index >= 15 is 0 Å². The zero-order valence-corrected chi connectivity index (χ0v) is 22.5. The highest BCUT2D eigenvalue weighted by Crippen LogP contribution is 2.26. The standard InChI is InChI=1S/C26H25IN4O3S/c1-16-7-8-19(13-17(16)2)18(3)15-30-26(32)21-10-9-20(27)14-23(21)31-35(33,34)24-6-4-5-22-25(24)29-12-11-28-22/h4-14,18,31H,15H2,1-3H3,(H,30,32). The fraction of sp³-hybridized carbons (Fsp3) is 0.192. The summed E-state index contributed by atoms with van der Waals surface area (Å²) < 4.78 is 30.0. The number of fused-ring (bicyclic) bond motifs is 1. The number of aryl methyl sites for hydroxylation is 2. The number of benzene rings is 3. The molecule has 0 fully saturated rings. The van der Waals surface area contributed by atoms with Gasteiger partial charge < -0.3 is 5.32 Å². The summed E-state index contributed by atoms with van der Waals surface area (Å²) in [6.45, 7) is 6.59.